The van der Waals surface area contributed by atoms with Gasteiger partial charge in [-0.15, -0.1) is 0 Å². The fourth-order valence-electron chi connectivity index (χ4n) is 3.51. The van der Waals surface area contributed by atoms with E-state index in [1.807, 2.05) is 48.3 Å². The van der Waals surface area contributed by atoms with Crippen LogP contribution < -0.4 is 0 Å². The van der Waals surface area contributed by atoms with Crippen LogP contribution in [0.3, 0.4) is 0 Å². The van der Waals surface area contributed by atoms with Gasteiger partial charge in [0.05, 0.1) is 0 Å². The van der Waals surface area contributed by atoms with Gasteiger partial charge in [-0.1, -0.05) is 41.9 Å². The van der Waals surface area contributed by atoms with Crippen LogP contribution in [0.5, 0.6) is 5.75 Å². The molecule has 0 bridgehead atoms. The maximum absolute atomic E-state index is 13.0. The topological polar surface area (TPSA) is 49.8 Å². The molecule has 1 aliphatic heterocycles. The highest BCUT2D eigenvalue weighted by atomic mass is 35.5. The Labute approximate surface area is 159 Å². The minimum atomic E-state index is -0.246. The minimum absolute atomic E-state index is 0.0603. The number of amides is 1. The largest absolute Gasteiger partial charge is 0.508 e. The first-order chi connectivity index (χ1) is 12.6. The Kier molecular flexibility index (Phi) is 6.17. The molecule has 1 aliphatic rings. The second-order valence-electron chi connectivity index (χ2n) is 6.72. The van der Waals surface area contributed by atoms with Crippen molar-refractivity contribution >= 4 is 17.5 Å². The SMILES string of the molecule is CN(C(=O)C[C@@H](c1cccc(Cl)c1)c1ccccc1O)C1CCOCC1. The summed E-state index contributed by atoms with van der Waals surface area (Å²) in [6.45, 7) is 1.39. The van der Waals surface area contributed by atoms with E-state index in [2.05, 4.69) is 0 Å². The Bertz CT molecular complexity index is 758. The molecule has 0 radical (unpaired) electrons. The summed E-state index contributed by atoms with van der Waals surface area (Å²) >= 11 is 6.17. The molecule has 1 heterocycles. The van der Waals surface area contributed by atoms with Crippen LogP contribution in [0.2, 0.25) is 5.02 Å². The van der Waals surface area contributed by atoms with E-state index < -0.39 is 0 Å². The fraction of sp³-hybridized carbons (Fsp3) is 0.381. The monoisotopic (exact) mass is 373 g/mol. The number of carbonyl (C=O) groups excluding carboxylic acids is 1. The molecule has 1 fully saturated rings. The molecule has 1 saturated heterocycles. The Morgan fingerprint density at radius 2 is 1.96 bits per heavy atom. The van der Waals surface area contributed by atoms with Crippen molar-refractivity contribution in [2.24, 2.45) is 0 Å². The summed E-state index contributed by atoms with van der Waals surface area (Å²) in [7, 11) is 1.86. The number of aromatic hydroxyl groups is 1. The number of carbonyl (C=O) groups is 1. The number of hydrogen-bond acceptors (Lipinski definition) is 3. The van der Waals surface area contributed by atoms with E-state index in [0.29, 0.717) is 18.2 Å². The third-order valence-electron chi connectivity index (χ3n) is 5.07. The van der Waals surface area contributed by atoms with Gasteiger partial charge >= 0.3 is 0 Å². The molecule has 0 saturated carbocycles. The van der Waals surface area contributed by atoms with E-state index in [4.69, 9.17) is 16.3 Å². The zero-order chi connectivity index (χ0) is 18.5. The number of phenolic OH excluding ortho intramolecular Hbond substituents is 1. The average molecular weight is 374 g/mol. The summed E-state index contributed by atoms with van der Waals surface area (Å²) in [5, 5.41) is 11.0. The van der Waals surface area contributed by atoms with Gasteiger partial charge in [-0.25, -0.2) is 0 Å². The van der Waals surface area contributed by atoms with Crippen molar-refractivity contribution in [2.75, 3.05) is 20.3 Å². The van der Waals surface area contributed by atoms with Gasteiger partial charge in [0.2, 0.25) is 5.91 Å². The lowest BCUT2D eigenvalue weighted by molar-refractivity contribution is -0.133. The predicted octanol–water partition coefficient (Wildman–Crippen LogP) is 4.21. The highest BCUT2D eigenvalue weighted by Crippen LogP contribution is 2.35. The molecule has 0 aliphatic carbocycles. The van der Waals surface area contributed by atoms with E-state index in [-0.39, 0.29) is 30.0 Å². The molecular weight excluding hydrogens is 350 g/mol. The number of benzene rings is 2. The van der Waals surface area contributed by atoms with Crippen molar-refractivity contribution in [1.82, 2.24) is 4.90 Å². The van der Waals surface area contributed by atoms with Crippen LogP contribution in [0.15, 0.2) is 48.5 Å². The van der Waals surface area contributed by atoms with Gasteiger partial charge in [-0.05, 0) is 36.6 Å². The van der Waals surface area contributed by atoms with Crippen LogP contribution in [0, 0.1) is 0 Å². The Balaban J connectivity index is 1.86. The van der Waals surface area contributed by atoms with Gasteiger partial charge in [0.25, 0.3) is 0 Å². The number of phenols is 1. The van der Waals surface area contributed by atoms with Crippen LogP contribution in [0.4, 0.5) is 0 Å². The smallest absolute Gasteiger partial charge is 0.223 e. The van der Waals surface area contributed by atoms with Crippen LogP contribution >= 0.6 is 11.6 Å². The average Bonchev–Trinajstić information content (AvgIpc) is 2.66. The second kappa shape index (κ2) is 8.56. The Morgan fingerprint density at radius 3 is 2.65 bits per heavy atom. The fourth-order valence-corrected chi connectivity index (χ4v) is 3.71. The lowest BCUT2D eigenvalue weighted by Gasteiger charge is -2.32. The molecule has 138 valence electrons. The van der Waals surface area contributed by atoms with Crippen LogP contribution in [-0.2, 0) is 9.53 Å². The molecule has 2 aromatic carbocycles. The Morgan fingerprint density at radius 1 is 1.23 bits per heavy atom. The van der Waals surface area contributed by atoms with Crippen LogP contribution in [0.1, 0.15) is 36.3 Å². The highest BCUT2D eigenvalue weighted by molar-refractivity contribution is 6.30. The van der Waals surface area contributed by atoms with Crippen molar-refractivity contribution in [2.45, 2.75) is 31.2 Å². The third-order valence-corrected chi connectivity index (χ3v) is 5.31. The number of rotatable bonds is 5. The van der Waals surface area contributed by atoms with Gasteiger partial charge in [-0.3, -0.25) is 4.79 Å². The molecule has 26 heavy (non-hydrogen) atoms. The number of halogens is 1. The maximum Gasteiger partial charge on any atom is 0.223 e. The standard InChI is InChI=1S/C21H24ClNO3/c1-23(17-9-11-26-12-10-17)21(25)14-19(15-5-4-6-16(22)13-15)18-7-2-3-8-20(18)24/h2-8,13,17,19,24H,9-12,14H2,1H3/t19-/m0/s1. The number of hydrogen-bond donors (Lipinski definition) is 1. The van der Waals surface area contributed by atoms with Gasteiger partial charge < -0.3 is 14.7 Å². The van der Waals surface area contributed by atoms with Crippen molar-refractivity contribution in [1.29, 1.82) is 0 Å². The molecule has 3 rings (SSSR count). The highest BCUT2D eigenvalue weighted by Gasteiger charge is 2.27. The molecule has 2 aromatic rings. The van der Waals surface area contributed by atoms with E-state index in [0.717, 1.165) is 24.0 Å². The van der Waals surface area contributed by atoms with Gasteiger partial charge in [-0.2, -0.15) is 0 Å². The first-order valence-electron chi connectivity index (χ1n) is 8.93. The number of ether oxygens (including phenoxy) is 1. The summed E-state index contributed by atoms with van der Waals surface area (Å²) in [5.74, 6) is 0.00816. The molecule has 4 nitrogen and oxygen atoms in total. The first-order valence-corrected chi connectivity index (χ1v) is 9.31. The molecule has 0 aromatic heterocycles. The summed E-state index contributed by atoms with van der Waals surface area (Å²) in [6.07, 6.45) is 2.01. The van der Waals surface area contributed by atoms with Gasteiger partial charge in [0.1, 0.15) is 5.75 Å². The number of nitrogens with zero attached hydrogens (tertiary/aromatic N) is 1. The van der Waals surface area contributed by atoms with E-state index >= 15 is 0 Å². The molecule has 1 N–H and O–H groups in total. The summed E-state index contributed by atoms with van der Waals surface area (Å²) < 4.78 is 5.39. The quantitative estimate of drug-likeness (QED) is 0.854. The maximum atomic E-state index is 13.0. The zero-order valence-corrected chi connectivity index (χ0v) is 15.7. The summed E-state index contributed by atoms with van der Waals surface area (Å²) in [6, 6.07) is 14.9. The van der Waals surface area contributed by atoms with Crippen molar-refractivity contribution in [3.63, 3.8) is 0 Å². The van der Waals surface area contributed by atoms with Crippen LogP contribution in [-0.4, -0.2) is 42.2 Å². The van der Waals surface area contributed by atoms with Crippen LogP contribution in [0.25, 0.3) is 0 Å². The van der Waals surface area contributed by atoms with Crippen molar-refractivity contribution < 1.29 is 14.6 Å². The Hall–Kier alpha value is -2.04. The van der Waals surface area contributed by atoms with Gasteiger partial charge in [0.15, 0.2) is 0 Å². The first kappa shape index (κ1) is 18.7. The summed E-state index contributed by atoms with van der Waals surface area (Å²) in [4.78, 5) is 14.8. The lowest BCUT2D eigenvalue weighted by atomic mass is 9.87. The van der Waals surface area contributed by atoms with E-state index in [1.165, 1.54) is 0 Å². The molecule has 0 spiro atoms. The van der Waals surface area contributed by atoms with E-state index in [1.54, 1.807) is 12.1 Å². The lowest BCUT2D eigenvalue weighted by Crippen LogP contribution is -2.41. The minimum Gasteiger partial charge on any atom is -0.508 e. The molecule has 5 heteroatoms. The second-order valence-corrected chi connectivity index (χ2v) is 7.16. The normalized spacial score (nSPS) is 16.2. The van der Waals surface area contributed by atoms with Crippen molar-refractivity contribution in [3.05, 3.63) is 64.7 Å². The van der Waals surface area contributed by atoms with Gasteiger partial charge in [0, 0.05) is 49.2 Å². The predicted molar refractivity (Wildman–Crippen MR) is 103 cm³/mol. The summed E-state index contributed by atoms with van der Waals surface area (Å²) in [5.41, 5.74) is 1.66. The third kappa shape index (κ3) is 4.37. The van der Waals surface area contributed by atoms with E-state index in [9.17, 15) is 9.90 Å². The molecule has 1 atom stereocenters. The number of para-hydroxylation sites is 1. The molecular formula is C21H24ClNO3. The molecule has 0 unspecified atom stereocenters. The molecule has 1 amide bonds. The van der Waals surface area contributed by atoms with Crippen molar-refractivity contribution in [3.8, 4) is 5.75 Å². The zero-order valence-electron chi connectivity index (χ0n) is 14.9.